The number of nitrogens with one attached hydrogen (secondary N) is 2. The predicted molar refractivity (Wildman–Crippen MR) is 138 cm³/mol. The molecule has 0 atom stereocenters. The van der Waals surface area contributed by atoms with Crippen molar-refractivity contribution in [3.8, 4) is 0 Å². The summed E-state index contributed by atoms with van der Waals surface area (Å²) < 4.78 is 0. The molecule has 0 aliphatic carbocycles. The number of anilines is 2. The molecule has 0 unspecified atom stereocenters. The molecule has 1 aliphatic heterocycles. The van der Waals surface area contributed by atoms with Crippen LogP contribution >= 0.6 is 0 Å². The predicted octanol–water partition coefficient (Wildman–Crippen LogP) is 4.85. The van der Waals surface area contributed by atoms with Gasteiger partial charge in [-0.2, -0.15) is 0 Å². The van der Waals surface area contributed by atoms with Crippen molar-refractivity contribution in [2.24, 2.45) is 0 Å². The van der Waals surface area contributed by atoms with Gasteiger partial charge in [0.2, 0.25) is 0 Å². The fourth-order valence-corrected chi connectivity index (χ4v) is 5.19. The molecule has 33 heavy (non-hydrogen) atoms. The van der Waals surface area contributed by atoms with E-state index in [1.54, 1.807) is 0 Å². The van der Waals surface area contributed by atoms with Crippen LogP contribution in [-0.4, -0.2) is 46.6 Å². The van der Waals surface area contributed by atoms with Gasteiger partial charge in [-0.3, -0.25) is 4.79 Å². The van der Waals surface area contributed by atoms with Crippen molar-refractivity contribution in [1.82, 2.24) is 14.9 Å². The minimum absolute atomic E-state index is 0.0363. The van der Waals surface area contributed by atoms with Gasteiger partial charge in [-0.15, -0.1) is 0 Å². The van der Waals surface area contributed by atoms with Crippen LogP contribution in [0.3, 0.4) is 0 Å². The Morgan fingerprint density at radius 3 is 2.61 bits per heavy atom. The minimum atomic E-state index is -0.0363. The standard InChI is InChI=1S/C27H37N5O/c1-6-32(21-11-14-31(15-12-21)18(2)3)25-9-7-8-23-22(25)10-13-28-26(23)29-17-24-19(4)16-20(5)30-27(24)33/h7-10,13,16,18,21H,6,11-12,14-15,17H2,1-5H3,(H,28,29)(H,30,33). The fraction of sp³-hybridized carbons (Fsp3) is 0.481. The smallest absolute Gasteiger partial charge is 0.253 e. The molecule has 0 amide bonds. The van der Waals surface area contributed by atoms with Crippen LogP contribution in [0, 0.1) is 13.8 Å². The molecule has 1 aliphatic rings. The Labute approximate surface area is 197 Å². The third-order valence-electron chi connectivity index (χ3n) is 7.03. The zero-order valence-electron chi connectivity index (χ0n) is 20.6. The Morgan fingerprint density at radius 2 is 1.94 bits per heavy atom. The van der Waals surface area contributed by atoms with Crippen LogP contribution in [0.15, 0.2) is 41.3 Å². The molecule has 1 saturated heterocycles. The van der Waals surface area contributed by atoms with Crippen LogP contribution in [0.5, 0.6) is 0 Å². The SMILES string of the molecule is CCN(c1cccc2c(NCc3c(C)cc(C)[nH]c3=O)nccc12)C1CCN(C(C)C)CC1. The zero-order chi connectivity index (χ0) is 23.5. The van der Waals surface area contributed by atoms with Crippen LogP contribution < -0.4 is 15.8 Å². The summed E-state index contributed by atoms with van der Waals surface area (Å²) in [5.41, 5.74) is 3.86. The van der Waals surface area contributed by atoms with Crippen LogP contribution in [-0.2, 0) is 6.54 Å². The minimum Gasteiger partial charge on any atom is -0.368 e. The van der Waals surface area contributed by atoms with Gasteiger partial charge in [0.25, 0.3) is 5.56 Å². The molecule has 6 nitrogen and oxygen atoms in total. The number of aryl methyl sites for hydroxylation is 2. The van der Waals surface area contributed by atoms with Crippen LogP contribution in [0.25, 0.3) is 10.8 Å². The lowest BCUT2D eigenvalue weighted by Gasteiger charge is -2.41. The third-order valence-corrected chi connectivity index (χ3v) is 7.03. The second-order valence-electron chi connectivity index (χ2n) is 9.48. The molecule has 0 bridgehead atoms. The number of nitrogens with zero attached hydrogens (tertiary/aromatic N) is 3. The van der Waals surface area contributed by atoms with Gasteiger partial charge >= 0.3 is 0 Å². The van der Waals surface area contributed by atoms with E-state index in [2.05, 4.69) is 70.1 Å². The van der Waals surface area contributed by atoms with Gasteiger partial charge in [-0.1, -0.05) is 12.1 Å². The summed E-state index contributed by atoms with van der Waals surface area (Å²) >= 11 is 0. The van der Waals surface area contributed by atoms with E-state index in [1.165, 1.54) is 23.9 Å². The van der Waals surface area contributed by atoms with Crippen LogP contribution in [0.2, 0.25) is 0 Å². The van der Waals surface area contributed by atoms with Gasteiger partial charge in [0.1, 0.15) is 5.82 Å². The number of fused-ring (bicyclic) bond motifs is 1. The number of aromatic amines is 1. The highest BCUT2D eigenvalue weighted by Crippen LogP contribution is 2.33. The van der Waals surface area contributed by atoms with E-state index in [0.717, 1.165) is 47.7 Å². The second-order valence-corrected chi connectivity index (χ2v) is 9.48. The molecule has 2 N–H and O–H groups in total. The van der Waals surface area contributed by atoms with Gasteiger partial charge in [0, 0.05) is 72.2 Å². The molecule has 176 valence electrons. The molecular formula is C27H37N5O. The maximum Gasteiger partial charge on any atom is 0.253 e. The lowest BCUT2D eigenvalue weighted by Crippen LogP contribution is -2.47. The van der Waals surface area contributed by atoms with E-state index in [9.17, 15) is 4.79 Å². The van der Waals surface area contributed by atoms with Crippen molar-refractivity contribution in [3.63, 3.8) is 0 Å². The van der Waals surface area contributed by atoms with Crippen molar-refractivity contribution in [1.29, 1.82) is 0 Å². The normalized spacial score (nSPS) is 15.3. The zero-order valence-corrected chi connectivity index (χ0v) is 20.6. The molecule has 4 rings (SSSR count). The first-order valence-corrected chi connectivity index (χ1v) is 12.2. The maximum atomic E-state index is 12.4. The lowest BCUT2D eigenvalue weighted by molar-refractivity contribution is 0.170. The Balaban J connectivity index is 1.60. The van der Waals surface area contributed by atoms with Gasteiger partial charge in [-0.25, -0.2) is 4.98 Å². The fourth-order valence-electron chi connectivity index (χ4n) is 5.19. The van der Waals surface area contributed by atoms with Crippen molar-refractivity contribution < 1.29 is 0 Å². The molecule has 0 saturated carbocycles. The molecule has 3 aromatic rings. The highest BCUT2D eigenvalue weighted by Gasteiger charge is 2.26. The van der Waals surface area contributed by atoms with E-state index >= 15 is 0 Å². The van der Waals surface area contributed by atoms with Gasteiger partial charge in [0.05, 0.1) is 0 Å². The summed E-state index contributed by atoms with van der Waals surface area (Å²) in [6.45, 7) is 14.5. The summed E-state index contributed by atoms with van der Waals surface area (Å²) in [7, 11) is 0. The quantitative estimate of drug-likeness (QED) is 0.542. The number of benzene rings is 1. The summed E-state index contributed by atoms with van der Waals surface area (Å²) in [6.07, 6.45) is 4.25. The maximum absolute atomic E-state index is 12.4. The Kier molecular flexibility index (Phi) is 7.03. The van der Waals surface area contributed by atoms with E-state index in [4.69, 9.17) is 0 Å². The number of piperidine rings is 1. The van der Waals surface area contributed by atoms with E-state index in [-0.39, 0.29) is 5.56 Å². The molecule has 1 aromatic carbocycles. The van der Waals surface area contributed by atoms with Crippen molar-refractivity contribution in [2.45, 2.75) is 66.1 Å². The van der Waals surface area contributed by atoms with Crippen molar-refractivity contribution in [3.05, 3.63) is 63.7 Å². The van der Waals surface area contributed by atoms with E-state index in [0.29, 0.717) is 18.6 Å². The number of pyridine rings is 2. The van der Waals surface area contributed by atoms with Gasteiger partial charge in [-0.05, 0) is 71.2 Å². The summed E-state index contributed by atoms with van der Waals surface area (Å²) in [4.78, 5) is 25.1. The second kappa shape index (κ2) is 9.96. The highest BCUT2D eigenvalue weighted by atomic mass is 16.1. The number of likely N-dealkylation sites (tertiary alicyclic amines) is 1. The molecule has 2 aromatic heterocycles. The van der Waals surface area contributed by atoms with E-state index < -0.39 is 0 Å². The highest BCUT2D eigenvalue weighted by molar-refractivity contribution is 6.00. The number of hydrogen-bond donors (Lipinski definition) is 2. The summed E-state index contributed by atoms with van der Waals surface area (Å²) in [5, 5.41) is 5.73. The number of H-pyrrole nitrogens is 1. The molecule has 1 fully saturated rings. The molecule has 3 heterocycles. The van der Waals surface area contributed by atoms with Gasteiger partial charge in [0.15, 0.2) is 0 Å². The third kappa shape index (κ3) is 4.91. The number of rotatable bonds is 7. The number of hydrogen-bond acceptors (Lipinski definition) is 5. The average Bonchev–Trinajstić information content (AvgIpc) is 2.79. The summed E-state index contributed by atoms with van der Waals surface area (Å²) in [5.74, 6) is 0.819. The molecule has 0 radical (unpaired) electrons. The topological polar surface area (TPSA) is 64.3 Å². The lowest BCUT2D eigenvalue weighted by atomic mass is 9.99. The first-order valence-electron chi connectivity index (χ1n) is 12.2. The molecule has 0 spiro atoms. The number of aromatic nitrogens is 2. The Hall–Kier alpha value is -2.86. The Morgan fingerprint density at radius 1 is 1.18 bits per heavy atom. The van der Waals surface area contributed by atoms with E-state index in [1.807, 2.05) is 26.1 Å². The first-order chi connectivity index (χ1) is 15.9. The average molecular weight is 448 g/mol. The van der Waals surface area contributed by atoms with Crippen LogP contribution in [0.4, 0.5) is 11.5 Å². The van der Waals surface area contributed by atoms with Gasteiger partial charge < -0.3 is 20.1 Å². The molecule has 6 heteroatoms. The monoisotopic (exact) mass is 447 g/mol. The molecular weight excluding hydrogens is 410 g/mol. The Bertz CT molecular complexity index is 1160. The van der Waals surface area contributed by atoms with Crippen molar-refractivity contribution in [2.75, 3.05) is 29.9 Å². The van der Waals surface area contributed by atoms with Crippen LogP contribution in [0.1, 0.15) is 50.4 Å². The largest absolute Gasteiger partial charge is 0.368 e. The first kappa shape index (κ1) is 23.3. The van der Waals surface area contributed by atoms with Crippen molar-refractivity contribution >= 4 is 22.3 Å². The summed E-state index contributed by atoms with van der Waals surface area (Å²) in [6, 6.07) is 11.8.